The zero-order valence-electron chi connectivity index (χ0n) is 15.7. The van der Waals surface area contributed by atoms with E-state index in [1.807, 2.05) is 0 Å². The van der Waals surface area contributed by atoms with E-state index in [1.165, 1.54) is 37.3 Å². The van der Waals surface area contributed by atoms with Gasteiger partial charge in [0.1, 0.15) is 0 Å². The molecule has 0 atom stereocenters. The molecule has 156 valence electrons. The molecule has 29 heavy (non-hydrogen) atoms. The lowest BCUT2D eigenvalue weighted by Crippen LogP contribution is -2.38. The fraction of sp³-hybridized carbons (Fsp3) is 0.278. The highest BCUT2D eigenvalue weighted by Crippen LogP contribution is 2.28. The summed E-state index contributed by atoms with van der Waals surface area (Å²) < 4.78 is 27.2. The number of halogens is 2. The Morgan fingerprint density at radius 2 is 1.93 bits per heavy atom. The van der Waals surface area contributed by atoms with Crippen LogP contribution in [0.2, 0.25) is 10.0 Å². The molecular weight excluding hydrogens is 441 g/mol. The van der Waals surface area contributed by atoms with Gasteiger partial charge in [0.05, 0.1) is 27.1 Å². The van der Waals surface area contributed by atoms with Crippen molar-refractivity contribution < 1.29 is 18.1 Å². The maximum atomic E-state index is 13.1. The number of anilines is 1. The summed E-state index contributed by atoms with van der Waals surface area (Å²) in [6.45, 7) is 2.69. The molecule has 0 saturated carbocycles. The summed E-state index contributed by atoms with van der Waals surface area (Å²) in [5.74, 6) is -0.616. The van der Waals surface area contributed by atoms with Gasteiger partial charge >= 0.3 is 0 Å². The zero-order valence-corrected chi connectivity index (χ0v) is 18.0. The standard InChI is InChI=1S/C18H19Cl2N3O5S/c1-3-9-22(11-18(24)21-15-10-13(19)7-8-14(15)20)29(27,28)17-6-4-5-16(12(17)2)23(25)26/h4-8,10H,3,9,11H2,1-2H3,(H,21,24). The molecule has 0 heterocycles. The molecular formula is C18H19Cl2N3O5S. The van der Waals surface area contributed by atoms with Gasteiger partial charge in [0, 0.05) is 23.2 Å². The van der Waals surface area contributed by atoms with Crippen molar-refractivity contribution in [2.24, 2.45) is 0 Å². The molecule has 11 heteroatoms. The first-order chi connectivity index (χ1) is 13.6. The number of hydrogen-bond donors (Lipinski definition) is 1. The van der Waals surface area contributed by atoms with E-state index in [2.05, 4.69) is 5.32 Å². The Hall–Kier alpha value is -2.20. The SMILES string of the molecule is CCCN(CC(=O)Nc1cc(Cl)ccc1Cl)S(=O)(=O)c1cccc([N+](=O)[O-])c1C. The van der Waals surface area contributed by atoms with Gasteiger partial charge in [0.2, 0.25) is 15.9 Å². The number of nitrogens with one attached hydrogen (secondary N) is 1. The van der Waals surface area contributed by atoms with Gasteiger partial charge in [-0.25, -0.2) is 8.42 Å². The van der Waals surface area contributed by atoms with Crippen molar-refractivity contribution in [1.82, 2.24) is 4.31 Å². The predicted molar refractivity (Wildman–Crippen MR) is 112 cm³/mol. The van der Waals surface area contributed by atoms with Crippen LogP contribution in [-0.2, 0) is 14.8 Å². The van der Waals surface area contributed by atoms with Gasteiger partial charge in [-0.1, -0.05) is 36.2 Å². The first kappa shape index (κ1) is 23.1. The number of nitro benzene ring substituents is 1. The van der Waals surface area contributed by atoms with Gasteiger partial charge in [-0.3, -0.25) is 14.9 Å². The molecule has 8 nitrogen and oxygen atoms in total. The van der Waals surface area contributed by atoms with Gasteiger partial charge in [0.15, 0.2) is 0 Å². The molecule has 1 amide bonds. The summed E-state index contributed by atoms with van der Waals surface area (Å²) in [5, 5.41) is 14.3. The van der Waals surface area contributed by atoms with E-state index in [4.69, 9.17) is 23.2 Å². The molecule has 2 rings (SSSR count). The molecule has 0 radical (unpaired) electrons. The Morgan fingerprint density at radius 1 is 1.24 bits per heavy atom. The first-order valence-corrected chi connectivity index (χ1v) is 10.8. The Kier molecular flexibility index (Phi) is 7.59. The number of sulfonamides is 1. The van der Waals surface area contributed by atoms with E-state index in [1.54, 1.807) is 13.0 Å². The summed E-state index contributed by atoms with van der Waals surface area (Å²) in [6, 6.07) is 8.32. The second-order valence-corrected chi connectivity index (χ2v) is 8.92. The molecule has 0 saturated heterocycles. The normalized spacial score (nSPS) is 11.5. The van der Waals surface area contributed by atoms with Crippen molar-refractivity contribution in [3.63, 3.8) is 0 Å². The molecule has 0 aromatic heterocycles. The van der Waals surface area contributed by atoms with Crippen LogP contribution in [0.15, 0.2) is 41.3 Å². The van der Waals surface area contributed by atoms with Crippen LogP contribution < -0.4 is 5.32 Å². The minimum Gasteiger partial charge on any atom is -0.324 e. The number of amides is 1. The molecule has 0 bridgehead atoms. The summed E-state index contributed by atoms with van der Waals surface area (Å²) >= 11 is 11.9. The third kappa shape index (κ3) is 5.45. The van der Waals surface area contributed by atoms with E-state index >= 15 is 0 Å². The Labute approximate surface area is 178 Å². The molecule has 2 aromatic carbocycles. The van der Waals surface area contributed by atoms with Crippen molar-refractivity contribution in [3.8, 4) is 0 Å². The smallest absolute Gasteiger partial charge is 0.273 e. The largest absolute Gasteiger partial charge is 0.324 e. The van der Waals surface area contributed by atoms with Crippen molar-refractivity contribution in [1.29, 1.82) is 0 Å². The molecule has 0 unspecified atom stereocenters. The van der Waals surface area contributed by atoms with Crippen molar-refractivity contribution in [2.75, 3.05) is 18.4 Å². The molecule has 0 fully saturated rings. The second-order valence-electron chi connectivity index (χ2n) is 6.17. The van der Waals surface area contributed by atoms with Crippen molar-refractivity contribution in [2.45, 2.75) is 25.2 Å². The third-order valence-corrected chi connectivity index (χ3v) is 6.62. The highest BCUT2D eigenvalue weighted by atomic mass is 35.5. The van der Waals surface area contributed by atoms with E-state index in [9.17, 15) is 23.3 Å². The van der Waals surface area contributed by atoms with E-state index in [-0.39, 0.29) is 33.4 Å². The van der Waals surface area contributed by atoms with Crippen LogP contribution in [0.5, 0.6) is 0 Å². The lowest BCUT2D eigenvalue weighted by Gasteiger charge is -2.22. The Balaban J connectivity index is 2.33. The Bertz CT molecular complexity index is 1040. The van der Waals surface area contributed by atoms with Crippen LogP contribution in [0.4, 0.5) is 11.4 Å². The maximum absolute atomic E-state index is 13.1. The fourth-order valence-corrected chi connectivity index (χ4v) is 4.76. The summed E-state index contributed by atoms with van der Waals surface area (Å²) in [4.78, 5) is 22.8. The number of carbonyl (C=O) groups is 1. The number of rotatable bonds is 8. The minimum atomic E-state index is -4.15. The zero-order chi connectivity index (χ0) is 21.8. The Morgan fingerprint density at radius 3 is 2.55 bits per heavy atom. The molecule has 0 aliphatic heterocycles. The fourth-order valence-electron chi connectivity index (χ4n) is 2.70. The van der Waals surface area contributed by atoms with Crippen LogP contribution in [-0.4, -0.2) is 36.6 Å². The van der Waals surface area contributed by atoms with Gasteiger partial charge in [-0.2, -0.15) is 4.31 Å². The average Bonchev–Trinajstić information content (AvgIpc) is 2.64. The van der Waals surface area contributed by atoms with Crippen LogP contribution in [0, 0.1) is 17.0 Å². The predicted octanol–water partition coefficient (Wildman–Crippen LogP) is 4.25. The molecule has 2 aromatic rings. The first-order valence-electron chi connectivity index (χ1n) is 8.57. The van der Waals surface area contributed by atoms with Crippen LogP contribution in [0.1, 0.15) is 18.9 Å². The second kappa shape index (κ2) is 9.53. The third-order valence-electron chi connectivity index (χ3n) is 4.07. The summed E-state index contributed by atoms with van der Waals surface area (Å²) in [6.07, 6.45) is 0.443. The van der Waals surface area contributed by atoms with Crippen molar-refractivity contribution >= 4 is 50.5 Å². The van der Waals surface area contributed by atoms with Gasteiger partial charge in [-0.05, 0) is 37.6 Å². The van der Waals surface area contributed by atoms with Gasteiger partial charge in [0.25, 0.3) is 5.69 Å². The van der Waals surface area contributed by atoms with E-state index < -0.39 is 27.4 Å². The lowest BCUT2D eigenvalue weighted by molar-refractivity contribution is -0.385. The number of benzene rings is 2. The summed E-state index contributed by atoms with van der Waals surface area (Å²) in [5.41, 5.74) is -0.0425. The number of nitrogens with zero attached hydrogens (tertiary/aromatic N) is 2. The number of nitro groups is 1. The van der Waals surface area contributed by atoms with E-state index in [0.29, 0.717) is 11.4 Å². The highest BCUT2D eigenvalue weighted by molar-refractivity contribution is 7.89. The minimum absolute atomic E-state index is 0.0110. The van der Waals surface area contributed by atoms with Crippen LogP contribution >= 0.6 is 23.2 Å². The highest BCUT2D eigenvalue weighted by Gasteiger charge is 2.30. The number of carbonyl (C=O) groups excluding carboxylic acids is 1. The quantitative estimate of drug-likeness (QED) is 0.468. The maximum Gasteiger partial charge on any atom is 0.273 e. The molecule has 1 N–H and O–H groups in total. The van der Waals surface area contributed by atoms with Gasteiger partial charge in [-0.15, -0.1) is 0 Å². The topological polar surface area (TPSA) is 110 Å². The van der Waals surface area contributed by atoms with E-state index in [0.717, 1.165) is 4.31 Å². The molecule has 0 aliphatic rings. The van der Waals surface area contributed by atoms with Crippen LogP contribution in [0.25, 0.3) is 0 Å². The average molecular weight is 460 g/mol. The van der Waals surface area contributed by atoms with Gasteiger partial charge < -0.3 is 5.32 Å². The summed E-state index contributed by atoms with van der Waals surface area (Å²) in [7, 11) is -4.15. The van der Waals surface area contributed by atoms with Crippen LogP contribution in [0.3, 0.4) is 0 Å². The lowest BCUT2D eigenvalue weighted by atomic mass is 10.2. The molecule has 0 aliphatic carbocycles. The molecule has 0 spiro atoms. The monoisotopic (exact) mass is 459 g/mol. The van der Waals surface area contributed by atoms with Crippen molar-refractivity contribution in [3.05, 3.63) is 62.1 Å². The number of hydrogen-bond acceptors (Lipinski definition) is 5.